The van der Waals surface area contributed by atoms with Crippen LogP contribution in [0.1, 0.15) is 44.9 Å². The third-order valence-electron chi connectivity index (χ3n) is 6.63. The van der Waals surface area contributed by atoms with Gasteiger partial charge in [0.15, 0.2) is 0 Å². The number of benzene rings is 4. The molecule has 1 aromatic heterocycles. The Morgan fingerprint density at radius 3 is 2.38 bits per heavy atom. The van der Waals surface area contributed by atoms with Crippen molar-refractivity contribution in [2.45, 2.75) is 13.8 Å². The molecule has 0 unspecified atom stereocenters. The number of rotatable bonds is 6. The first-order valence-corrected chi connectivity index (χ1v) is 12.7. The van der Waals surface area contributed by atoms with Crippen LogP contribution in [0.3, 0.4) is 0 Å². The molecule has 0 saturated carbocycles. The number of ether oxygens (including phenoxy) is 2. The molecule has 8 heteroatoms. The maximum absolute atomic E-state index is 13.1. The molecule has 0 saturated heterocycles. The number of hydrogen-bond acceptors (Lipinski definition) is 7. The van der Waals surface area contributed by atoms with Gasteiger partial charge >= 0.3 is 5.97 Å². The topological polar surface area (TPSA) is 103 Å². The maximum atomic E-state index is 13.1. The van der Waals surface area contributed by atoms with Crippen LogP contribution in [0.15, 0.2) is 94.3 Å². The Balaban J connectivity index is 1.21. The van der Waals surface area contributed by atoms with Gasteiger partial charge in [0.05, 0.1) is 22.1 Å². The number of esters is 1. The highest BCUT2D eigenvalue weighted by molar-refractivity contribution is 6.22. The van der Waals surface area contributed by atoms with Gasteiger partial charge in [-0.15, -0.1) is 0 Å². The van der Waals surface area contributed by atoms with Gasteiger partial charge in [0.25, 0.3) is 11.8 Å². The summed E-state index contributed by atoms with van der Waals surface area (Å²) in [5, 5.41) is 2.28. The minimum Gasteiger partial charge on any atom is -0.460 e. The highest BCUT2D eigenvalue weighted by Gasteiger charge is 2.36. The van der Waals surface area contributed by atoms with Gasteiger partial charge in [-0.25, -0.2) is 4.79 Å². The predicted molar refractivity (Wildman–Crippen MR) is 148 cm³/mol. The lowest BCUT2D eigenvalue weighted by atomic mass is 10.1. The monoisotopic (exact) mass is 533 g/mol. The molecule has 198 valence electrons. The van der Waals surface area contributed by atoms with Crippen LogP contribution in [0.25, 0.3) is 21.7 Å². The molecule has 1 aliphatic rings. The summed E-state index contributed by atoms with van der Waals surface area (Å²) in [6, 6.07) is 22.0. The van der Waals surface area contributed by atoms with Crippen LogP contribution in [-0.4, -0.2) is 29.2 Å². The fraction of sp³-hybridized carbons (Fsp3) is 0.125. The van der Waals surface area contributed by atoms with Gasteiger partial charge in [0.2, 0.25) is 11.2 Å². The van der Waals surface area contributed by atoms with E-state index < -0.39 is 11.9 Å². The molecule has 0 N–H and O–H groups in total. The van der Waals surface area contributed by atoms with Crippen LogP contribution in [0, 0.1) is 5.92 Å². The molecule has 0 radical (unpaired) electrons. The van der Waals surface area contributed by atoms with Gasteiger partial charge in [-0.2, -0.15) is 0 Å². The Labute approximate surface area is 228 Å². The molecule has 8 nitrogen and oxygen atoms in total. The zero-order valence-corrected chi connectivity index (χ0v) is 21.7. The summed E-state index contributed by atoms with van der Waals surface area (Å²) >= 11 is 0. The number of carbonyl (C=O) groups excluding carboxylic acids is 3. The second-order valence-corrected chi connectivity index (χ2v) is 9.96. The summed E-state index contributed by atoms with van der Waals surface area (Å²) in [4.78, 5) is 52.5. The molecule has 4 aromatic carbocycles. The molecular formula is C32H23NO7. The lowest BCUT2D eigenvalue weighted by Gasteiger charge is -2.15. The van der Waals surface area contributed by atoms with Crippen molar-refractivity contribution in [1.29, 1.82) is 0 Å². The third-order valence-corrected chi connectivity index (χ3v) is 6.63. The number of nitrogens with zero attached hydrogens (tertiary/aromatic N) is 1. The second kappa shape index (κ2) is 9.81. The standard InChI is InChI=1S/C32H23NO7/c1-18(2)16-33-30(35)24-11-8-21(14-26(24)31(33)36)32(37)40-23-10-12-25-27(15-23)38-17-28(29(25)34)39-22-9-7-19-5-3-4-6-20(19)13-22/h3-15,17-18H,16H2,1-2H3. The SMILES string of the molecule is CC(C)CN1C(=O)c2ccc(C(=O)Oc3ccc4c(=O)c(Oc5ccc6ccccc6c5)coc4c3)cc2C1=O. The maximum Gasteiger partial charge on any atom is 0.343 e. The van der Waals surface area contributed by atoms with Crippen LogP contribution >= 0.6 is 0 Å². The van der Waals surface area contributed by atoms with E-state index in [9.17, 15) is 19.2 Å². The minimum atomic E-state index is -0.719. The number of hydrogen-bond donors (Lipinski definition) is 0. The fourth-order valence-corrected chi connectivity index (χ4v) is 4.70. The molecule has 0 aliphatic carbocycles. The summed E-state index contributed by atoms with van der Waals surface area (Å²) in [7, 11) is 0. The van der Waals surface area contributed by atoms with E-state index in [2.05, 4.69) is 0 Å². The van der Waals surface area contributed by atoms with Crippen molar-refractivity contribution >= 4 is 39.5 Å². The van der Waals surface area contributed by atoms with Crippen LogP contribution < -0.4 is 14.9 Å². The van der Waals surface area contributed by atoms with Gasteiger partial charge in [0.1, 0.15) is 23.3 Å². The third kappa shape index (κ3) is 4.49. The summed E-state index contributed by atoms with van der Waals surface area (Å²) in [6.45, 7) is 4.12. The van der Waals surface area contributed by atoms with E-state index in [0.29, 0.717) is 12.3 Å². The second-order valence-electron chi connectivity index (χ2n) is 9.96. The molecule has 2 amide bonds. The zero-order valence-electron chi connectivity index (χ0n) is 21.7. The van der Waals surface area contributed by atoms with E-state index in [0.717, 1.165) is 10.8 Å². The lowest BCUT2D eigenvalue weighted by molar-refractivity contribution is 0.0635. The van der Waals surface area contributed by atoms with Crippen molar-refractivity contribution in [2.24, 2.45) is 5.92 Å². The Hall–Kier alpha value is -5.24. The molecule has 0 fully saturated rings. The van der Waals surface area contributed by atoms with Crippen LogP contribution in [-0.2, 0) is 0 Å². The Bertz CT molecular complexity index is 1900. The van der Waals surface area contributed by atoms with Gasteiger partial charge in [0, 0.05) is 12.6 Å². The van der Waals surface area contributed by atoms with Crippen molar-refractivity contribution in [2.75, 3.05) is 6.54 Å². The molecule has 0 atom stereocenters. The number of carbonyl (C=O) groups is 3. The van der Waals surface area contributed by atoms with Crippen molar-refractivity contribution < 1.29 is 28.3 Å². The molecular weight excluding hydrogens is 510 g/mol. The molecule has 40 heavy (non-hydrogen) atoms. The number of fused-ring (bicyclic) bond motifs is 3. The fourth-order valence-electron chi connectivity index (χ4n) is 4.70. The smallest absolute Gasteiger partial charge is 0.343 e. The highest BCUT2D eigenvalue weighted by atomic mass is 16.5. The summed E-state index contributed by atoms with van der Waals surface area (Å²) in [5.74, 6) is -0.744. The average Bonchev–Trinajstić information content (AvgIpc) is 3.18. The normalized spacial score (nSPS) is 12.8. The quantitative estimate of drug-likeness (QED) is 0.145. The number of amides is 2. The summed E-state index contributed by atoms with van der Waals surface area (Å²) in [6.07, 6.45) is 1.22. The van der Waals surface area contributed by atoms with E-state index in [1.165, 1.54) is 47.6 Å². The van der Waals surface area contributed by atoms with Crippen LogP contribution in [0.2, 0.25) is 0 Å². The van der Waals surface area contributed by atoms with Gasteiger partial charge in [-0.3, -0.25) is 19.3 Å². The van der Waals surface area contributed by atoms with Gasteiger partial charge in [-0.05, 0) is 59.2 Å². The first-order valence-electron chi connectivity index (χ1n) is 12.7. The number of imide groups is 1. The molecule has 1 aliphatic heterocycles. The first-order chi connectivity index (χ1) is 19.3. The summed E-state index contributed by atoms with van der Waals surface area (Å²) in [5.41, 5.74) is 0.382. The van der Waals surface area contributed by atoms with Gasteiger partial charge in [-0.1, -0.05) is 44.2 Å². The molecule has 5 aromatic rings. The van der Waals surface area contributed by atoms with E-state index >= 15 is 0 Å². The Kier molecular flexibility index (Phi) is 6.15. The predicted octanol–water partition coefficient (Wildman–Crippen LogP) is 6.21. The summed E-state index contributed by atoms with van der Waals surface area (Å²) < 4.78 is 16.9. The van der Waals surface area contributed by atoms with E-state index in [1.807, 2.05) is 50.2 Å². The van der Waals surface area contributed by atoms with E-state index in [-0.39, 0.29) is 56.4 Å². The molecule has 0 bridgehead atoms. The van der Waals surface area contributed by atoms with Crippen molar-refractivity contribution in [3.63, 3.8) is 0 Å². The average molecular weight is 534 g/mol. The van der Waals surface area contributed by atoms with E-state index in [1.54, 1.807) is 6.07 Å². The van der Waals surface area contributed by atoms with Crippen molar-refractivity contribution in [1.82, 2.24) is 4.90 Å². The largest absolute Gasteiger partial charge is 0.460 e. The van der Waals surface area contributed by atoms with E-state index in [4.69, 9.17) is 13.9 Å². The first kappa shape index (κ1) is 25.1. The lowest BCUT2D eigenvalue weighted by Crippen LogP contribution is -2.33. The van der Waals surface area contributed by atoms with Crippen LogP contribution in [0.4, 0.5) is 0 Å². The Morgan fingerprint density at radius 2 is 1.57 bits per heavy atom. The Morgan fingerprint density at radius 1 is 0.825 bits per heavy atom. The molecule has 6 rings (SSSR count). The molecule has 0 spiro atoms. The van der Waals surface area contributed by atoms with Crippen LogP contribution in [0.5, 0.6) is 17.2 Å². The van der Waals surface area contributed by atoms with Crippen molar-refractivity contribution in [3.8, 4) is 17.2 Å². The minimum absolute atomic E-state index is 0.0244. The van der Waals surface area contributed by atoms with Crippen molar-refractivity contribution in [3.05, 3.63) is 112 Å². The van der Waals surface area contributed by atoms with Gasteiger partial charge < -0.3 is 13.9 Å². The zero-order chi connectivity index (χ0) is 28.0. The highest BCUT2D eigenvalue weighted by Crippen LogP contribution is 2.28. The molecule has 2 heterocycles.